The SMILES string of the molecule is Cc1nn(Cc2ccsc2C(=O)NN)c(C)c1[N+](=O)[O-]. The fourth-order valence-corrected chi connectivity index (χ4v) is 2.81. The molecule has 8 nitrogen and oxygen atoms in total. The Morgan fingerprint density at radius 1 is 1.60 bits per heavy atom. The summed E-state index contributed by atoms with van der Waals surface area (Å²) in [4.78, 5) is 22.6. The first-order valence-electron chi connectivity index (χ1n) is 5.71. The second-order valence-corrected chi connectivity index (χ2v) is 5.10. The van der Waals surface area contributed by atoms with Crippen molar-refractivity contribution in [3.8, 4) is 0 Å². The lowest BCUT2D eigenvalue weighted by Crippen LogP contribution is -2.30. The standard InChI is InChI=1S/C11H13N5O3S/c1-6-9(16(18)19)7(2)15(14-6)5-8-3-4-20-10(8)11(17)13-12/h3-4H,5,12H2,1-2H3,(H,13,17). The quantitative estimate of drug-likeness (QED) is 0.379. The van der Waals surface area contributed by atoms with Gasteiger partial charge in [-0.2, -0.15) is 5.10 Å². The number of nitrogens with zero attached hydrogens (tertiary/aromatic N) is 3. The second kappa shape index (κ2) is 5.39. The van der Waals surface area contributed by atoms with Crippen LogP contribution in [0.3, 0.4) is 0 Å². The number of carbonyl (C=O) groups excluding carboxylic acids is 1. The molecule has 0 saturated heterocycles. The first kappa shape index (κ1) is 14.2. The molecule has 1 amide bonds. The Labute approximate surface area is 118 Å². The molecule has 0 aliphatic carbocycles. The summed E-state index contributed by atoms with van der Waals surface area (Å²) in [6.07, 6.45) is 0. The van der Waals surface area contributed by atoms with Gasteiger partial charge in [0.1, 0.15) is 11.4 Å². The highest BCUT2D eigenvalue weighted by Gasteiger charge is 2.22. The molecule has 106 valence electrons. The third-order valence-electron chi connectivity index (χ3n) is 2.93. The van der Waals surface area contributed by atoms with Gasteiger partial charge < -0.3 is 0 Å². The van der Waals surface area contributed by atoms with Crippen molar-refractivity contribution in [2.24, 2.45) is 5.84 Å². The minimum absolute atomic E-state index is 0.00468. The predicted octanol–water partition coefficient (Wildman–Crippen LogP) is 1.12. The first-order valence-corrected chi connectivity index (χ1v) is 6.59. The molecule has 0 aliphatic heterocycles. The van der Waals surface area contributed by atoms with Crippen LogP contribution in [0.15, 0.2) is 11.4 Å². The Morgan fingerprint density at radius 2 is 2.30 bits per heavy atom. The van der Waals surface area contributed by atoms with E-state index >= 15 is 0 Å². The number of nitrogens with two attached hydrogens (primary N) is 1. The normalized spacial score (nSPS) is 10.6. The van der Waals surface area contributed by atoms with E-state index in [0.717, 1.165) is 5.56 Å². The van der Waals surface area contributed by atoms with E-state index in [0.29, 0.717) is 16.3 Å². The lowest BCUT2D eigenvalue weighted by Gasteiger charge is -2.04. The monoisotopic (exact) mass is 295 g/mol. The Kier molecular flexibility index (Phi) is 3.81. The van der Waals surface area contributed by atoms with Crippen LogP contribution in [0.1, 0.15) is 26.6 Å². The van der Waals surface area contributed by atoms with Gasteiger partial charge in [0.25, 0.3) is 5.91 Å². The van der Waals surface area contributed by atoms with Gasteiger partial charge in [-0.05, 0) is 30.9 Å². The minimum atomic E-state index is -0.449. The Hall–Kier alpha value is -2.26. The smallest absolute Gasteiger partial charge is 0.289 e. The molecule has 0 atom stereocenters. The highest BCUT2D eigenvalue weighted by molar-refractivity contribution is 7.12. The molecular weight excluding hydrogens is 282 g/mol. The van der Waals surface area contributed by atoms with Gasteiger partial charge in [0.15, 0.2) is 0 Å². The van der Waals surface area contributed by atoms with Gasteiger partial charge >= 0.3 is 5.69 Å². The third kappa shape index (κ3) is 2.40. The summed E-state index contributed by atoms with van der Waals surface area (Å²) in [5.74, 6) is 4.74. The molecule has 0 bridgehead atoms. The lowest BCUT2D eigenvalue weighted by molar-refractivity contribution is -0.386. The summed E-state index contributed by atoms with van der Waals surface area (Å²) in [7, 11) is 0. The van der Waals surface area contributed by atoms with Gasteiger partial charge in [-0.1, -0.05) is 0 Å². The van der Waals surface area contributed by atoms with Crippen LogP contribution < -0.4 is 11.3 Å². The van der Waals surface area contributed by atoms with Crippen LogP contribution >= 0.6 is 11.3 Å². The average Bonchev–Trinajstić information content (AvgIpc) is 2.94. The van der Waals surface area contributed by atoms with Crippen molar-refractivity contribution in [3.05, 3.63) is 43.4 Å². The van der Waals surface area contributed by atoms with Crippen molar-refractivity contribution in [3.63, 3.8) is 0 Å². The lowest BCUT2D eigenvalue weighted by atomic mass is 10.2. The van der Waals surface area contributed by atoms with Gasteiger partial charge in [0.2, 0.25) is 0 Å². The number of aromatic nitrogens is 2. The number of nitro groups is 1. The molecule has 0 aromatic carbocycles. The molecule has 2 aromatic heterocycles. The maximum absolute atomic E-state index is 11.6. The molecule has 0 spiro atoms. The summed E-state index contributed by atoms with van der Waals surface area (Å²) < 4.78 is 1.52. The third-order valence-corrected chi connectivity index (χ3v) is 3.89. The van der Waals surface area contributed by atoms with Crippen LogP contribution in [0.4, 0.5) is 5.69 Å². The molecule has 0 unspecified atom stereocenters. The predicted molar refractivity (Wildman–Crippen MR) is 73.4 cm³/mol. The number of nitrogen functional groups attached to an aromatic ring is 1. The van der Waals surface area contributed by atoms with Gasteiger partial charge in [-0.15, -0.1) is 11.3 Å². The number of rotatable bonds is 4. The largest absolute Gasteiger partial charge is 0.312 e. The summed E-state index contributed by atoms with van der Waals surface area (Å²) in [5, 5.41) is 16.9. The molecule has 2 heterocycles. The number of hydrazine groups is 1. The molecule has 2 aromatic rings. The van der Waals surface area contributed by atoms with Crippen LogP contribution in [0.2, 0.25) is 0 Å². The van der Waals surface area contributed by atoms with E-state index in [2.05, 4.69) is 10.5 Å². The van der Waals surface area contributed by atoms with E-state index in [1.807, 2.05) is 0 Å². The maximum Gasteiger partial charge on any atom is 0.312 e. The van der Waals surface area contributed by atoms with E-state index < -0.39 is 4.92 Å². The van der Waals surface area contributed by atoms with Crippen LogP contribution in [-0.2, 0) is 6.54 Å². The number of aryl methyl sites for hydroxylation is 1. The van der Waals surface area contributed by atoms with Crippen molar-refractivity contribution in [2.45, 2.75) is 20.4 Å². The zero-order valence-corrected chi connectivity index (χ0v) is 11.7. The Morgan fingerprint density at radius 3 is 2.85 bits per heavy atom. The van der Waals surface area contributed by atoms with Crippen molar-refractivity contribution >= 4 is 22.9 Å². The van der Waals surface area contributed by atoms with E-state index in [9.17, 15) is 14.9 Å². The molecular formula is C11H13N5O3S. The first-order chi connectivity index (χ1) is 9.45. The average molecular weight is 295 g/mol. The summed E-state index contributed by atoms with van der Waals surface area (Å²) in [5.41, 5.74) is 3.61. The number of thiophene rings is 1. The maximum atomic E-state index is 11.6. The summed E-state index contributed by atoms with van der Waals surface area (Å²) in [6.45, 7) is 3.50. The van der Waals surface area contributed by atoms with E-state index in [1.165, 1.54) is 16.0 Å². The second-order valence-electron chi connectivity index (χ2n) is 4.18. The topological polar surface area (TPSA) is 116 Å². The molecule has 3 N–H and O–H groups in total. The van der Waals surface area contributed by atoms with E-state index in [4.69, 9.17) is 5.84 Å². The molecule has 20 heavy (non-hydrogen) atoms. The van der Waals surface area contributed by atoms with Gasteiger partial charge in [0.05, 0.1) is 16.3 Å². The highest BCUT2D eigenvalue weighted by atomic mass is 32.1. The highest BCUT2D eigenvalue weighted by Crippen LogP contribution is 2.24. The minimum Gasteiger partial charge on any atom is -0.289 e. The zero-order chi connectivity index (χ0) is 14.9. The van der Waals surface area contributed by atoms with Crippen LogP contribution in [0.25, 0.3) is 0 Å². The Balaban J connectivity index is 2.37. The van der Waals surface area contributed by atoms with Crippen molar-refractivity contribution in [2.75, 3.05) is 0 Å². The fraction of sp³-hybridized carbons (Fsp3) is 0.273. The van der Waals surface area contributed by atoms with Gasteiger partial charge in [0, 0.05) is 0 Å². The van der Waals surface area contributed by atoms with Crippen LogP contribution in [0, 0.1) is 24.0 Å². The summed E-state index contributed by atoms with van der Waals surface area (Å²) >= 11 is 1.26. The molecule has 9 heteroatoms. The number of carbonyl (C=O) groups is 1. The fourth-order valence-electron chi connectivity index (χ4n) is 1.99. The molecule has 0 aliphatic rings. The van der Waals surface area contributed by atoms with Gasteiger partial charge in [-0.3, -0.25) is 25.0 Å². The van der Waals surface area contributed by atoms with Crippen molar-refractivity contribution in [1.29, 1.82) is 0 Å². The number of amides is 1. The zero-order valence-electron chi connectivity index (χ0n) is 10.9. The Bertz CT molecular complexity index is 676. The van der Waals surface area contributed by atoms with Crippen molar-refractivity contribution in [1.82, 2.24) is 15.2 Å². The number of nitrogens with one attached hydrogen (secondary N) is 1. The van der Waals surface area contributed by atoms with Crippen LogP contribution in [-0.4, -0.2) is 20.6 Å². The number of hydrogen-bond acceptors (Lipinski definition) is 6. The molecule has 2 rings (SSSR count). The van der Waals surface area contributed by atoms with Crippen LogP contribution in [0.5, 0.6) is 0 Å². The molecule has 0 radical (unpaired) electrons. The molecule has 0 fully saturated rings. The number of hydrogen-bond donors (Lipinski definition) is 2. The summed E-state index contributed by atoms with van der Waals surface area (Å²) in [6, 6.07) is 1.78. The molecule has 0 saturated carbocycles. The van der Waals surface area contributed by atoms with Gasteiger partial charge in [-0.25, -0.2) is 5.84 Å². The van der Waals surface area contributed by atoms with E-state index in [1.54, 1.807) is 25.3 Å². The van der Waals surface area contributed by atoms with Crippen molar-refractivity contribution < 1.29 is 9.72 Å². The van der Waals surface area contributed by atoms with E-state index in [-0.39, 0.29) is 18.1 Å².